The lowest BCUT2D eigenvalue weighted by molar-refractivity contribution is 0.376. The van der Waals surface area contributed by atoms with Crippen LogP contribution in [0.3, 0.4) is 0 Å². The number of aliphatic hydroxyl groups is 1. The van der Waals surface area contributed by atoms with Crippen molar-refractivity contribution in [3.63, 3.8) is 0 Å². The molecule has 0 saturated heterocycles. The molecule has 0 aromatic heterocycles. The fourth-order valence-corrected chi connectivity index (χ4v) is 1.68. The zero-order chi connectivity index (χ0) is 5.91. The first-order valence-electron chi connectivity index (χ1n) is 1.86. The van der Waals surface area contributed by atoms with Crippen LogP contribution in [0.25, 0.3) is 0 Å². The first-order chi connectivity index (χ1) is 3.06. The SMILES string of the molecule is CP(C)(=S)SCO. The predicted molar refractivity (Wildman–Crippen MR) is 40.8 cm³/mol. The second kappa shape index (κ2) is 3.08. The van der Waals surface area contributed by atoms with Gasteiger partial charge in [0.1, 0.15) is 0 Å². The van der Waals surface area contributed by atoms with Gasteiger partial charge in [0.05, 0.1) is 5.94 Å². The van der Waals surface area contributed by atoms with Crippen LogP contribution < -0.4 is 0 Å². The van der Waals surface area contributed by atoms with Crippen LogP contribution in [0.1, 0.15) is 0 Å². The lowest BCUT2D eigenvalue weighted by Crippen LogP contribution is -1.70. The summed E-state index contributed by atoms with van der Waals surface area (Å²) in [6, 6.07) is 0. The summed E-state index contributed by atoms with van der Waals surface area (Å²) in [4.78, 5) is 0. The normalized spacial score (nSPS) is 11.9. The highest BCUT2D eigenvalue weighted by Crippen LogP contribution is 2.50. The van der Waals surface area contributed by atoms with E-state index in [1.54, 1.807) is 0 Å². The van der Waals surface area contributed by atoms with Crippen LogP contribution >= 0.6 is 16.6 Å². The molecular formula is C3H9OPS2. The molecule has 0 aliphatic rings. The Hall–Kier alpha value is 0.960. The molecule has 0 atom stereocenters. The molecule has 0 aromatic rings. The summed E-state index contributed by atoms with van der Waals surface area (Å²) in [7, 11) is 0. The van der Waals surface area contributed by atoms with Crippen molar-refractivity contribution in [2.45, 2.75) is 0 Å². The zero-order valence-corrected chi connectivity index (χ0v) is 6.95. The summed E-state index contributed by atoms with van der Waals surface area (Å²) in [5.74, 6) is 0.171. The second-order valence-corrected chi connectivity index (χ2v) is 11.5. The molecule has 0 rings (SSSR count). The third-order valence-corrected chi connectivity index (χ3v) is 4.27. The minimum atomic E-state index is -1.17. The molecule has 0 heterocycles. The maximum Gasteiger partial charge on any atom is 0.0933 e. The van der Waals surface area contributed by atoms with E-state index in [-0.39, 0.29) is 5.94 Å². The summed E-state index contributed by atoms with van der Waals surface area (Å²) in [6.07, 6.45) is 0. The quantitative estimate of drug-likeness (QED) is 0.481. The van der Waals surface area contributed by atoms with Gasteiger partial charge in [-0.25, -0.2) is 0 Å². The maximum absolute atomic E-state index is 8.33. The molecule has 0 bridgehead atoms. The molecule has 0 radical (unpaired) electrons. The van der Waals surface area contributed by atoms with Gasteiger partial charge < -0.3 is 5.11 Å². The van der Waals surface area contributed by atoms with Gasteiger partial charge in [0.25, 0.3) is 0 Å². The molecule has 0 fully saturated rings. The number of hydrogen-bond donors (Lipinski definition) is 1. The highest BCUT2D eigenvalue weighted by atomic mass is 32.9. The van der Waals surface area contributed by atoms with Crippen LogP contribution in [0.5, 0.6) is 0 Å². The highest BCUT2D eigenvalue weighted by molar-refractivity contribution is 8.70. The Labute approximate surface area is 53.3 Å². The van der Waals surface area contributed by atoms with Crippen molar-refractivity contribution >= 4 is 28.4 Å². The molecule has 1 N–H and O–H groups in total. The van der Waals surface area contributed by atoms with E-state index in [0.717, 1.165) is 0 Å². The molecule has 0 unspecified atom stereocenters. The van der Waals surface area contributed by atoms with Crippen molar-refractivity contribution in [3.05, 3.63) is 0 Å². The van der Waals surface area contributed by atoms with Crippen molar-refractivity contribution in [1.29, 1.82) is 0 Å². The molecule has 0 aliphatic carbocycles. The van der Waals surface area contributed by atoms with Gasteiger partial charge in [-0.2, -0.15) is 0 Å². The summed E-state index contributed by atoms with van der Waals surface area (Å²) in [6.45, 7) is 4.01. The van der Waals surface area contributed by atoms with Crippen molar-refractivity contribution in [2.24, 2.45) is 0 Å². The summed E-state index contributed by atoms with van der Waals surface area (Å²) < 4.78 is 0. The average Bonchev–Trinajstić information content (AvgIpc) is 1.30. The fraction of sp³-hybridized carbons (Fsp3) is 1.00. The Bertz CT molecular complexity index is 86.9. The van der Waals surface area contributed by atoms with E-state index in [9.17, 15) is 0 Å². The van der Waals surface area contributed by atoms with Crippen molar-refractivity contribution in [1.82, 2.24) is 0 Å². The Kier molecular flexibility index (Phi) is 3.50. The largest absolute Gasteiger partial charge is 0.385 e. The Morgan fingerprint density at radius 2 is 2.14 bits per heavy atom. The van der Waals surface area contributed by atoms with E-state index >= 15 is 0 Å². The highest BCUT2D eigenvalue weighted by Gasteiger charge is 1.97. The molecule has 4 heteroatoms. The minimum Gasteiger partial charge on any atom is -0.385 e. The van der Waals surface area contributed by atoms with Gasteiger partial charge in [-0.1, -0.05) is 23.2 Å². The van der Waals surface area contributed by atoms with Gasteiger partial charge in [0.15, 0.2) is 0 Å². The van der Waals surface area contributed by atoms with Gasteiger partial charge in [-0.15, -0.1) is 0 Å². The molecule has 1 nitrogen and oxygen atoms in total. The fourth-order valence-electron chi connectivity index (χ4n) is 0.139. The molecule has 0 saturated carbocycles. The first-order valence-corrected chi connectivity index (χ1v) is 7.15. The topological polar surface area (TPSA) is 20.2 Å². The van der Waals surface area contributed by atoms with Crippen LogP contribution in [0, 0.1) is 0 Å². The molecule has 0 spiro atoms. The molecule has 7 heavy (non-hydrogen) atoms. The number of hydrogen-bond acceptors (Lipinski definition) is 3. The van der Waals surface area contributed by atoms with Crippen LogP contribution in [0.4, 0.5) is 0 Å². The standard InChI is InChI=1S/C3H9OPS2/c1-5(2,6)7-3-4/h4H,3H2,1-2H3. The molecule has 0 aliphatic heterocycles. The zero-order valence-electron chi connectivity index (χ0n) is 4.42. The number of rotatable bonds is 2. The molecule has 0 amide bonds. The van der Waals surface area contributed by atoms with E-state index in [1.807, 2.05) is 13.3 Å². The van der Waals surface area contributed by atoms with Crippen LogP contribution in [0.15, 0.2) is 0 Å². The van der Waals surface area contributed by atoms with Gasteiger partial charge in [-0.3, -0.25) is 0 Å². The summed E-state index contributed by atoms with van der Waals surface area (Å²) in [5, 5.41) is 7.16. The predicted octanol–water partition coefficient (Wildman–Crippen LogP) is 1.32. The summed E-state index contributed by atoms with van der Waals surface area (Å²) >= 11 is 6.47. The van der Waals surface area contributed by atoms with Crippen molar-refractivity contribution < 1.29 is 5.11 Å². The van der Waals surface area contributed by atoms with Gasteiger partial charge in [-0.05, 0) is 13.3 Å². The average molecular weight is 156 g/mol. The van der Waals surface area contributed by atoms with E-state index in [0.29, 0.717) is 0 Å². The molecule has 0 aromatic carbocycles. The van der Waals surface area contributed by atoms with Gasteiger partial charge in [0.2, 0.25) is 0 Å². The van der Waals surface area contributed by atoms with Gasteiger partial charge in [0, 0.05) is 5.24 Å². The van der Waals surface area contributed by atoms with Crippen LogP contribution in [0.2, 0.25) is 0 Å². The number of aliphatic hydroxyl groups excluding tert-OH is 1. The van der Waals surface area contributed by atoms with Crippen LogP contribution in [-0.2, 0) is 11.8 Å². The smallest absolute Gasteiger partial charge is 0.0933 e. The Morgan fingerprint density at radius 1 is 1.71 bits per heavy atom. The first kappa shape index (κ1) is 7.96. The van der Waals surface area contributed by atoms with E-state index in [4.69, 9.17) is 16.9 Å². The molecular weight excluding hydrogens is 147 g/mol. The third kappa shape index (κ3) is 6.96. The van der Waals surface area contributed by atoms with E-state index in [1.165, 1.54) is 11.4 Å². The lowest BCUT2D eigenvalue weighted by Gasteiger charge is -2.03. The summed E-state index contributed by atoms with van der Waals surface area (Å²) in [5.41, 5.74) is 0. The Morgan fingerprint density at radius 3 is 2.14 bits per heavy atom. The van der Waals surface area contributed by atoms with Crippen molar-refractivity contribution in [3.8, 4) is 0 Å². The Balaban J connectivity index is 3.36. The van der Waals surface area contributed by atoms with E-state index in [2.05, 4.69) is 0 Å². The lowest BCUT2D eigenvalue weighted by atomic mass is 11.7. The second-order valence-electron chi connectivity index (χ2n) is 1.51. The van der Waals surface area contributed by atoms with E-state index < -0.39 is 5.24 Å². The minimum absolute atomic E-state index is 0.171. The maximum atomic E-state index is 8.33. The van der Waals surface area contributed by atoms with Gasteiger partial charge >= 0.3 is 0 Å². The monoisotopic (exact) mass is 156 g/mol. The van der Waals surface area contributed by atoms with Crippen LogP contribution in [-0.4, -0.2) is 24.4 Å². The third-order valence-electron chi connectivity index (χ3n) is 0.369. The molecule has 44 valence electrons. The van der Waals surface area contributed by atoms with Crippen molar-refractivity contribution in [2.75, 3.05) is 19.3 Å².